The molecule has 62 heavy (non-hydrogen) atoms. The number of rotatable bonds is 14. The third kappa shape index (κ3) is 9.43. The molecule has 0 saturated heterocycles. The topological polar surface area (TPSA) is 226 Å². The van der Waals surface area contributed by atoms with Gasteiger partial charge in [0.2, 0.25) is 15.4 Å². The van der Waals surface area contributed by atoms with Gasteiger partial charge in [-0.25, -0.2) is 8.42 Å². The molecule has 7 rings (SSSR count). The van der Waals surface area contributed by atoms with Crippen LogP contribution in [0.5, 0.6) is 11.5 Å². The maximum atomic E-state index is 14.2. The van der Waals surface area contributed by atoms with Crippen LogP contribution in [0.1, 0.15) is 56.4 Å². The average molecular weight is 851 g/mol. The molecule has 8 N–H and O–H groups in total. The van der Waals surface area contributed by atoms with Crippen LogP contribution in [0.4, 0.5) is 17.1 Å². The lowest BCUT2D eigenvalue weighted by molar-refractivity contribution is 0.0998. The summed E-state index contributed by atoms with van der Waals surface area (Å²) in [7, 11) is -2.67. The van der Waals surface area contributed by atoms with E-state index in [0.717, 1.165) is 0 Å². The van der Waals surface area contributed by atoms with Gasteiger partial charge in [-0.2, -0.15) is 0 Å². The molecular weight excluding hydrogens is 809 g/mol. The van der Waals surface area contributed by atoms with E-state index in [-0.39, 0.29) is 50.0 Å². The summed E-state index contributed by atoms with van der Waals surface area (Å²) >= 11 is 0. The minimum atomic E-state index is -4.19. The van der Waals surface area contributed by atoms with Gasteiger partial charge in [0.15, 0.2) is 0 Å². The second-order valence-corrected chi connectivity index (χ2v) is 16.3. The highest BCUT2D eigenvalue weighted by molar-refractivity contribution is 7.91. The van der Waals surface area contributed by atoms with Gasteiger partial charge in [-0.1, -0.05) is 36.1 Å². The van der Waals surface area contributed by atoms with Crippen LogP contribution in [0.2, 0.25) is 0 Å². The largest absolute Gasteiger partial charge is 0.506 e. The van der Waals surface area contributed by atoms with E-state index in [1.165, 1.54) is 61.8 Å². The van der Waals surface area contributed by atoms with Gasteiger partial charge in [0, 0.05) is 64.6 Å². The summed E-state index contributed by atoms with van der Waals surface area (Å²) in [6.07, 6.45) is 1.74. The Morgan fingerprint density at radius 2 is 1.71 bits per heavy atom. The number of sulfone groups is 1. The van der Waals surface area contributed by atoms with Crippen LogP contribution >= 0.6 is 0 Å². The molecule has 1 atom stereocenters. The minimum Gasteiger partial charge on any atom is -0.506 e. The SMILES string of the molecule is COc1cccc(Nc2c(C(N)=O)cnc3c(C)cc(S(=O)(=O)c4cccc(C(=O)Nc5cccc(C#CCCCNCC(O)c6ccc(O)c7[nH]c(=O)ccc67)c5)c4)cc23)c1. The smallest absolute Gasteiger partial charge is 0.255 e. The lowest BCUT2D eigenvalue weighted by atomic mass is 10.0. The normalized spacial score (nSPS) is 11.7. The number of hydrogen-bond acceptors (Lipinski definition) is 11. The summed E-state index contributed by atoms with van der Waals surface area (Å²) in [6, 6.07) is 28.7. The van der Waals surface area contributed by atoms with Gasteiger partial charge in [0.05, 0.1) is 45.3 Å². The van der Waals surface area contributed by atoms with Crippen molar-refractivity contribution in [3.8, 4) is 23.3 Å². The summed E-state index contributed by atoms with van der Waals surface area (Å²) in [5, 5.41) is 31.0. The third-order valence-corrected chi connectivity index (χ3v) is 11.8. The highest BCUT2D eigenvalue weighted by Crippen LogP contribution is 2.35. The number of benzene rings is 5. The molecule has 7 aromatic rings. The number of nitrogens with one attached hydrogen (secondary N) is 4. The van der Waals surface area contributed by atoms with Gasteiger partial charge in [0.25, 0.3) is 11.8 Å². The van der Waals surface area contributed by atoms with Gasteiger partial charge in [0.1, 0.15) is 11.5 Å². The Morgan fingerprint density at radius 1 is 0.919 bits per heavy atom. The summed E-state index contributed by atoms with van der Waals surface area (Å²) < 4.78 is 33.7. The number of fused-ring (bicyclic) bond motifs is 2. The van der Waals surface area contributed by atoms with E-state index >= 15 is 0 Å². The number of unbranched alkanes of at least 4 members (excludes halogenated alkanes) is 1. The van der Waals surface area contributed by atoms with Crippen molar-refractivity contribution in [3.63, 3.8) is 0 Å². The average Bonchev–Trinajstić information content (AvgIpc) is 3.26. The maximum Gasteiger partial charge on any atom is 0.255 e. The van der Waals surface area contributed by atoms with E-state index in [2.05, 4.69) is 37.8 Å². The number of ether oxygens (including phenoxy) is 1. The van der Waals surface area contributed by atoms with Gasteiger partial charge >= 0.3 is 0 Å². The fourth-order valence-corrected chi connectivity index (χ4v) is 8.37. The summed E-state index contributed by atoms with van der Waals surface area (Å²) in [5.41, 5.74) is 9.41. The molecule has 0 fully saturated rings. The first kappa shape index (κ1) is 42.6. The maximum absolute atomic E-state index is 14.2. The Bertz CT molecular complexity index is 3100. The number of carbonyl (C=O) groups excluding carboxylic acids is 2. The number of aromatic hydroxyl groups is 1. The number of methoxy groups -OCH3 is 1. The second kappa shape index (κ2) is 18.4. The van der Waals surface area contributed by atoms with Crippen LogP contribution in [0.25, 0.3) is 21.8 Å². The Morgan fingerprint density at radius 3 is 2.52 bits per heavy atom. The summed E-state index contributed by atoms with van der Waals surface area (Å²) in [6.45, 7) is 2.56. The van der Waals surface area contributed by atoms with Crippen molar-refractivity contribution in [1.29, 1.82) is 0 Å². The van der Waals surface area contributed by atoms with Crippen LogP contribution < -0.4 is 32.0 Å². The number of aromatic amines is 1. The molecule has 2 aromatic heterocycles. The number of pyridine rings is 2. The van der Waals surface area contributed by atoms with Crippen LogP contribution in [0.15, 0.2) is 130 Å². The fourth-order valence-electron chi connectivity index (χ4n) is 6.95. The molecule has 314 valence electrons. The predicted molar refractivity (Wildman–Crippen MR) is 238 cm³/mol. The van der Waals surface area contributed by atoms with E-state index in [0.29, 0.717) is 69.5 Å². The number of nitrogens with zero attached hydrogens (tertiary/aromatic N) is 1. The molecular formula is C47H42N6O8S. The van der Waals surface area contributed by atoms with E-state index in [4.69, 9.17) is 10.5 Å². The van der Waals surface area contributed by atoms with Gasteiger partial charge in [-0.3, -0.25) is 19.4 Å². The molecule has 14 nitrogen and oxygen atoms in total. The van der Waals surface area contributed by atoms with E-state index in [1.54, 1.807) is 61.5 Å². The zero-order valence-electron chi connectivity index (χ0n) is 33.7. The van der Waals surface area contributed by atoms with Gasteiger partial charge < -0.3 is 41.6 Å². The number of aliphatic hydroxyl groups excluding tert-OH is 1. The number of aromatic nitrogens is 2. The van der Waals surface area contributed by atoms with E-state index in [1.807, 2.05) is 6.07 Å². The van der Waals surface area contributed by atoms with Gasteiger partial charge in [-0.15, -0.1) is 0 Å². The lowest BCUT2D eigenvalue weighted by Gasteiger charge is -2.16. The number of primary amides is 1. The first-order valence-corrected chi connectivity index (χ1v) is 20.9. The first-order valence-electron chi connectivity index (χ1n) is 19.5. The molecule has 0 aliphatic heterocycles. The molecule has 0 bridgehead atoms. The Labute approximate surface area is 356 Å². The highest BCUT2D eigenvalue weighted by atomic mass is 32.2. The number of carbonyl (C=O) groups is 2. The monoisotopic (exact) mass is 850 g/mol. The first-order chi connectivity index (χ1) is 29.8. The quantitative estimate of drug-likeness (QED) is 0.0463. The Kier molecular flexibility index (Phi) is 12.6. The van der Waals surface area contributed by atoms with Crippen molar-refractivity contribution in [1.82, 2.24) is 15.3 Å². The molecule has 15 heteroatoms. The van der Waals surface area contributed by atoms with Crippen molar-refractivity contribution in [2.24, 2.45) is 5.73 Å². The number of amides is 2. The standard InChI is InChI=1S/C47H42N6O8S/c1-28-21-35(25-38-43(28)50-26-39(46(48)57)44(38)51-32-13-8-14-33(24-32)61-2)62(59,60)34-15-7-11-30(23-34)47(58)52-31-12-6-10-29(22-31)9-4-3-5-20-49-27-41(55)36-16-18-40(54)45-37(36)17-19-42(56)53-45/h6-8,10-19,21-26,41,49,54-55H,3,5,20,27H2,1-2H3,(H2,48,57)(H,50,51)(H,52,58)(H,53,56). The van der Waals surface area contributed by atoms with Crippen molar-refractivity contribution in [3.05, 3.63) is 154 Å². The zero-order valence-corrected chi connectivity index (χ0v) is 34.5. The number of phenolic OH excluding ortho intramolecular Hbond substituents is 1. The Balaban J connectivity index is 1.00. The molecule has 0 spiro atoms. The molecule has 2 amide bonds. The van der Waals surface area contributed by atoms with Crippen LogP contribution in [0, 0.1) is 18.8 Å². The predicted octanol–water partition coefficient (Wildman–Crippen LogP) is 6.48. The Hall–Kier alpha value is -7.51. The van der Waals surface area contributed by atoms with E-state index < -0.39 is 27.8 Å². The molecule has 0 aliphatic rings. The number of aryl methyl sites for hydroxylation is 1. The van der Waals surface area contributed by atoms with Gasteiger partial charge in [-0.05, 0) is 104 Å². The molecule has 2 heterocycles. The second-order valence-electron chi connectivity index (χ2n) is 14.4. The number of anilines is 3. The molecule has 0 aliphatic carbocycles. The lowest BCUT2D eigenvalue weighted by Crippen LogP contribution is -2.22. The number of H-pyrrole nitrogens is 1. The van der Waals surface area contributed by atoms with Crippen LogP contribution in [0.3, 0.4) is 0 Å². The number of phenols is 1. The molecule has 0 saturated carbocycles. The van der Waals surface area contributed by atoms with Crippen LogP contribution in [-0.4, -0.2) is 60.6 Å². The van der Waals surface area contributed by atoms with Crippen LogP contribution in [-0.2, 0) is 9.84 Å². The van der Waals surface area contributed by atoms with E-state index in [9.17, 15) is 33.0 Å². The van der Waals surface area contributed by atoms with Crippen molar-refractivity contribution in [2.75, 3.05) is 30.8 Å². The summed E-state index contributed by atoms with van der Waals surface area (Å²) in [5.74, 6) is 5.44. The minimum absolute atomic E-state index is 0.0625. The third-order valence-electron chi connectivity index (χ3n) is 10.1. The molecule has 5 aromatic carbocycles. The molecule has 0 radical (unpaired) electrons. The van der Waals surface area contributed by atoms with Crippen molar-refractivity contribution >= 4 is 60.5 Å². The number of nitrogens with two attached hydrogens (primary N) is 1. The highest BCUT2D eigenvalue weighted by Gasteiger charge is 2.24. The van der Waals surface area contributed by atoms with Crippen molar-refractivity contribution < 1.29 is 33.0 Å². The molecule has 1 unspecified atom stereocenters. The summed E-state index contributed by atoms with van der Waals surface area (Å²) in [4.78, 5) is 44.5. The number of aliphatic hydroxyl groups is 1. The van der Waals surface area contributed by atoms with Crippen molar-refractivity contribution in [2.45, 2.75) is 35.7 Å². The number of hydrogen-bond donors (Lipinski definition) is 7. The fraction of sp³-hybridized carbons (Fsp3) is 0.149. The zero-order chi connectivity index (χ0) is 44.0.